The Morgan fingerprint density at radius 1 is 0.841 bits per heavy atom. The third-order valence-corrected chi connectivity index (χ3v) is 9.05. The SMILES string of the molecule is CCCCNC(=O)[C@@H](Cc1ccccc1)N(Cc1ccc(F)cc1)C(=O)CN(c1cccc(C)c1)S(=O)(=O)c1ccccc1. The molecule has 1 atom stereocenters. The summed E-state index contributed by atoms with van der Waals surface area (Å²) in [5, 5.41) is 2.96. The van der Waals surface area contributed by atoms with Gasteiger partial charge in [0.2, 0.25) is 11.8 Å². The minimum absolute atomic E-state index is 0.0230. The van der Waals surface area contributed by atoms with Gasteiger partial charge in [0, 0.05) is 19.5 Å². The molecule has 4 rings (SSSR count). The van der Waals surface area contributed by atoms with E-state index in [4.69, 9.17) is 0 Å². The summed E-state index contributed by atoms with van der Waals surface area (Å²) in [5.41, 5.74) is 2.60. The average Bonchev–Trinajstić information content (AvgIpc) is 3.03. The zero-order valence-corrected chi connectivity index (χ0v) is 25.8. The van der Waals surface area contributed by atoms with Crippen molar-refractivity contribution in [3.8, 4) is 0 Å². The molecule has 0 aliphatic carbocycles. The molecule has 0 radical (unpaired) electrons. The molecule has 2 amide bonds. The summed E-state index contributed by atoms with van der Waals surface area (Å²) in [6, 6.07) is 29.0. The number of amides is 2. The Balaban J connectivity index is 1.78. The first-order chi connectivity index (χ1) is 21.2. The summed E-state index contributed by atoms with van der Waals surface area (Å²) in [6.45, 7) is 3.73. The van der Waals surface area contributed by atoms with Crippen LogP contribution in [0.2, 0.25) is 0 Å². The zero-order chi connectivity index (χ0) is 31.5. The van der Waals surface area contributed by atoms with Gasteiger partial charge in [-0.2, -0.15) is 0 Å². The van der Waals surface area contributed by atoms with Gasteiger partial charge in [0.25, 0.3) is 10.0 Å². The molecule has 7 nitrogen and oxygen atoms in total. The van der Waals surface area contributed by atoms with Crippen LogP contribution in [-0.2, 0) is 32.6 Å². The molecule has 0 saturated carbocycles. The highest BCUT2D eigenvalue weighted by Gasteiger charge is 2.34. The highest BCUT2D eigenvalue weighted by Crippen LogP contribution is 2.26. The standard InChI is InChI=1S/C35H38FN3O4S/c1-3-4-22-37-35(41)33(24-28-13-7-5-8-14-28)38(25-29-18-20-30(36)21-19-29)34(40)26-39(31-15-11-12-27(2)23-31)44(42,43)32-16-9-6-10-17-32/h5-21,23,33H,3-4,22,24-26H2,1-2H3,(H,37,41)/t33-/m1/s1. The molecular formula is C35H38FN3O4S. The second-order valence-electron chi connectivity index (χ2n) is 10.7. The lowest BCUT2D eigenvalue weighted by molar-refractivity contribution is -0.140. The summed E-state index contributed by atoms with van der Waals surface area (Å²) in [5.74, 6) is -1.34. The smallest absolute Gasteiger partial charge is 0.264 e. The average molecular weight is 616 g/mol. The van der Waals surface area contributed by atoms with Gasteiger partial charge in [0.05, 0.1) is 10.6 Å². The highest BCUT2D eigenvalue weighted by molar-refractivity contribution is 7.92. The maximum Gasteiger partial charge on any atom is 0.264 e. The van der Waals surface area contributed by atoms with E-state index < -0.39 is 34.3 Å². The van der Waals surface area contributed by atoms with Gasteiger partial charge in [0.1, 0.15) is 18.4 Å². The third kappa shape index (κ3) is 8.54. The van der Waals surface area contributed by atoms with Gasteiger partial charge in [-0.05, 0) is 66.4 Å². The lowest BCUT2D eigenvalue weighted by Gasteiger charge is -2.34. The van der Waals surface area contributed by atoms with Gasteiger partial charge < -0.3 is 10.2 Å². The molecule has 0 aliphatic heterocycles. The van der Waals surface area contributed by atoms with E-state index in [9.17, 15) is 22.4 Å². The molecule has 4 aromatic carbocycles. The highest BCUT2D eigenvalue weighted by atomic mass is 32.2. The molecule has 4 aromatic rings. The first kappa shape index (κ1) is 32.4. The van der Waals surface area contributed by atoms with E-state index in [1.54, 1.807) is 48.5 Å². The number of aryl methyl sites for hydroxylation is 1. The monoisotopic (exact) mass is 615 g/mol. The minimum atomic E-state index is -4.16. The van der Waals surface area contributed by atoms with E-state index in [1.165, 1.54) is 29.2 Å². The van der Waals surface area contributed by atoms with Gasteiger partial charge in [-0.3, -0.25) is 13.9 Å². The predicted octanol–water partition coefficient (Wildman–Crippen LogP) is 5.89. The molecule has 1 N–H and O–H groups in total. The Bertz CT molecular complexity index is 1630. The molecule has 0 heterocycles. The van der Waals surface area contributed by atoms with Crippen LogP contribution in [0.4, 0.5) is 10.1 Å². The van der Waals surface area contributed by atoms with Crippen molar-refractivity contribution >= 4 is 27.5 Å². The van der Waals surface area contributed by atoms with Crippen molar-refractivity contribution in [3.05, 3.63) is 132 Å². The largest absolute Gasteiger partial charge is 0.354 e. The summed E-state index contributed by atoms with van der Waals surface area (Å²) in [6.07, 6.45) is 1.86. The van der Waals surface area contributed by atoms with Crippen molar-refractivity contribution in [1.29, 1.82) is 0 Å². The van der Waals surface area contributed by atoms with Crippen LogP contribution in [0.15, 0.2) is 114 Å². The van der Waals surface area contributed by atoms with E-state index in [0.29, 0.717) is 17.8 Å². The summed E-state index contributed by atoms with van der Waals surface area (Å²) in [4.78, 5) is 29.6. The third-order valence-electron chi connectivity index (χ3n) is 7.27. The number of sulfonamides is 1. The fourth-order valence-corrected chi connectivity index (χ4v) is 6.31. The molecule has 0 saturated heterocycles. The number of hydrogen-bond acceptors (Lipinski definition) is 4. The Hall–Kier alpha value is -4.50. The number of hydrogen-bond donors (Lipinski definition) is 1. The maximum absolute atomic E-state index is 14.4. The Kier molecular flexibility index (Phi) is 11.3. The van der Waals surface area contributed by atoms with E-state index in [0.717, 1.165) is 28.3 Å². The number of carbonyl (C=O) groups excluding carboxylic acids is 2. The zero-order valence-electron chi connectivity index (χ0n) is 25.0. The van der Waals surface area contributed by atoms with Crippen molar-refractivity contribution in [2.45, 2.75) is 50.6 Å². The van der Waals surface area contributed by atoms with Crippen LogP contribution in [0.3, 0.4) is 0 Å². The van der Waals surface area contributed by atoms with Crippen molar-refractivity contribution in [2.75, 3.05) is 17.4 Å². The first-order valence-corrected chi connectivity index (χ1v) is 16.1. The van der Waals surface area contributed by atoms with Crippen LogP contribution < -0.4 is 9.62 Å². The van der Waals surface area contributed by atoms with Crippen molar-refractivity contribution < 1.29 is 22.4 Å². The first-order valence-electron chi connectivity index (χ1n) is 14.7. The van der Waals surface area contributed by atoms with Crippen molar-refractivity contribution in [3.63, 3.8) is 0 Å². The second kappa shape index (κ2) is 15.3. The molecule has 9 heteroatoms. The van der Waals surface area contributed by atoms with Gasteiger partial charge >= 0.3 is 0 Å². The molecule has 44 heavy (non-hydrogen) atoms. The quantitative estimate of drug-likeness (QED) is 0.179. The second-order valence-corrected chi connectivity index (χ2v) is 12.5. The van der Waals surface area contributed by atoms with Gasteiger partial charge in [-0.1, -0.05) is 86.1 Å². The number of nitrogens with one attached hydrogen (secondary N) is 1. The van der Waals surface area contributed by atoms with Crippen LogP contribution in [0.5, 0.6) is 0 Å². The summed E-state index contributed by atoms with van der Waals surface area (Å²) < 4.78 is 42.9. The normalized spacial score (nSPS) is 11.9. The Labute approximate surface area is 259 Å². The topological polar surface area (TPSA) is 86.8 Å². The lowest BCUT2D eigenvalue weighted by Crippen LogP contribution is -2.53. The molecule has 0 bridgehead atoms. The van der Waals surface area contributed by atoms with Gasteiger partial charge in [-0.15, -0.1) is 0 Å². The van der Waals surface area contributed by atoms with E-state index >= 15 is 0 Å². The Morgan fingerprint density at radius 3 is 2.14 bits per heavy atom. The molecular weight excluding hydrogens is 577 g/mol. The number of carbonyl (C=O) groups is 2. The predicted molar refractivity (Wildman–Crippen MR) is 171 cm³/mol. The molecule has 0 fully saturated rings. The van der Waals surface area contributed by atoms with Crippen molar-refractivity contribution in [1.82, 2.24) is 10.2 Å². The van der Waals surface area contributed by atoms with Crippen LogP contribution in [0, 0.1) is 12.7 Å². The minimum Gasteiger partial charge on any atom is -0.354 e. The fraction of sp³-hybridized carbons (Fsp3) is 0.257. The number of unbranched alkanes of at least 4 members (excludes halogenated alkanes) is 1. The van der Waals surface area contributed by atoms with Crippen molar-refractivity contribution in [2.24, 2.45) is 0 Å². The molecule has 0 unspecified atom stereocenters. The number of rotatable bonds is 14. The Morgan fingerprint density at radius 2 is 1.50 bits per heavy atom. The number of benzene rings is 4. The lowest BCUT2D eigenvalue weighted by atomic mass is 10.0. The van der Waals surface area contributed by atoms with E-state index in [2.05, 4.69) is 5.32 Å². The maximum atomic E-state index is 14.4. The van der Waals surface area contributed by atoms with E-state index in [-0.39, 0.29) is 23.8 Å². The van der Waals surface area contributed by atoms with Crippen LogP contribution >= 0.6 is 0 Å². The summed E-state index contributed by atoms with van der Waals surface area (Å²) >= 11 is 0. The molecule has 230 valence electrons. The molecule has 0 spiro atoms. The number of halogens is 1. The molecule has 0 aromatic heterocycles. The van der Waals surface area contributed by atoms with Crippen LogP contribution in [-0.4, -0.2) is 44.3 Å². The van der Waals surface area contributed by atoms with Crippen LogP contribution in [0.25, 0.3) is 0 Å². The fourth-order valence-electron chi connectivity index (χ4n) is 4.88. The number of nitrogens with zero attached hydrogens (tertiary/aromatic N) is 2. The van der Waals surface area contributed by atoms with Gasteiger partial charge in [-0.25, -0.2) is 12.8 Å². The molecule has 0 aliphatic rings. The van der Waals surface area contributed by atoms with Crippen LogP contribution in [0.1, 0.15) is 36.5 Å². The number of anilines is 1. The van der Waals surface area contributed by atoms with Gasteiger partial charge in [0.15, 0.2) is 0 Å². The summed E-state index contributed by atoms with van der Waals surface area (Å²) in [7, 11) is -4.16. The van der Waals surface area contributed by atoms with E-state index in [1.807, 2.05) is 50.2 Å².